The van der Waals surface area contributed by atoms with Crippen LogP contribution in [0.25, 0.3) is 16.9 Å². The second kappa shape index (κ2) is 9.25. The van der Waals surface area contributed by atoms with Gasteiger partial charge in [-0.25, -0.2) is 14.8 Å². The zero-order chi connectivity index (χ0) is 22.6. The molecule has 1 fully saturated rings. The van der Waals surface area contributed by atoms with Crippen LogP contribution in [0.1, 0.15) is 72.1 Å². The molecule has 0 atom stereocenters. The van der Waals surface area contributed by atoms with E-state index in [1.807, 2.05) is 0 Å². The second-order valence-corrected chi connectivity index (χ2v) is 9.73. The summed E-state index contributed by atoms with van der Waals surface area (Å²) in [4.78, 5) is 22.2. The fourth-order valence-electron chi connectivity index (χ4n) is 4.96. The minimum atomic E-state index is -0.171. The van der Waals surface area contributed by atoms with Crippen LogP contribution in [0.2, 0.25) is 0 Å². The van der Waals surface area contributed by atoms with E-state index in [-0.39, 0.29) is 22.3 Å². The lowest BCUT2D eigenvalue weighted by Crippen LogP contribution is -2.41. The molecule has 0 amide bonds. The maximum atomic E-state index is 13.6. The largest absolute Gasteiger partial charge is 0.382 e. The number of aromatic nitrogens is 4. The molecular formula is C25H37N5O. The fraction of sp³-hybridized carbons (Fsp3) is 0.560. The van der Waals surface area contributed by atoms with Crippen LogP contribution in [0.4, 0.5) is 5.82 Å². The van der Waals surface area contributed by atoms with Crippen molar-refractivity contribution >= 4 is 22.7 Å². The van der Waals surface area contributed by atoms with Crippen LogP contribution in [0.3, 0.4) is 0 Å². The maximum Gasteiger partial charge on any atom is 0.335 e. The van der Waals surface area contributed by atoms with Crippen molar-refractivity contribution in [3.63, 3.8) is 0 Å². The van der Waals surface area contributed by atoms with Gasteiger partial charge < -0.3 is 5.73 Å². The highest BCUT2D eigenvalue weighted by atomic mass is 16.1. The van der Waals surface area contributed by atoms with Gasteiger partial charge in [0.15, 0.2) is 11.5 Å². The van der Waals surface area contributed by atoms with Gasteiger partial charge >= 0.3 is 5.69 Å². The molecular weight excluding hydrogens is 386 g/mol. The fourth-order valence-corrected chi connectivity index (χ4v) is 4.96. The molecule has 1 aliphatic rings. The van der Waals surface area contributed by atoms with Gasteiger partial charge in [0.1, 0.15) is 11.8 Å². The first-order chi connectivity index (χ1) is 14.8. The third-order valence-electron chi connectivity index (χ3n) is 7.38. The Bertz CT molecular complexity index is 1030. The summed E-state index contributed by atoms with van der Waals surface area (Å²) in [7, 11) is 0. The minimum Gasteiger partial charge on any atom is -0.382 e. The average Bonchev–Trinajstić information content (AvgIpc) is 3.06. The van der Waals surface area contributed by atoms with Gasteiger partial charge in [-0.15, -0.1) is 0 Å². The summed E-state index contributed by atoms with van der Waals surface area (Å²) >= 11 is 0. The smallest absolute Gasteiger partial charge is 0.335 e. The Labute approximate surface area is 185 Å². The molecule has 2 N–H and O–H groups in total. The molecule has 0 aromatic carbocycles. The van der Waals surface area contributed by atoms with E-state index in [0.717, 1.165) is 0 Å². The van der Waals surface area contributed by atoms with E-state index in [1.54, 1.807) is 27.4 Å². The summed E-state index contributed by atoms with van der Waals surface area (Å²) in [5, 5.41) is 0. The zero-order valence-electron chi connectivity index (χ0n) is 19.4. The highest BCUT2D eigenvalue weighted by Crippen LogP contribution is 2.48. The average molecular weight is 424 g/mol. The lowest BCUT2D eigenvalue weighted by molar-refractivity contribution is 0.0452. The SMILES string of the molecule is C=C/C=C(\C=C)n1c(=O)n(CC(C)(C)C2(C)CCCCCCCC2)c2ncnc(N)c21. The van der Waals surface area contributed by atoms with Crippen molar-refractivity contribution in [3.8, 4) is 0 Å². The van der Waals surface area contributed by atoms with Crippen molar-refractivity contribution in [1.82, 2.24) is 19.1 Å². The van der Waals surface area contributed by atoms with Crippen molar-refractivity contribution in [2.24, 2.45) is 10.8 Å². The quantitative estimate of drug-likeness (QED) is 0.617. The maximum absolute atomic E-state index is 13.6. The third-order valence-corrected chi connectivity index (χ3v) is 7.38. The number of imidazole rings is 1. The van der Waals surface area contributed by atoms with Crippen LogP contribution in [0.15, 0.2) is 42.5 Å². The summed E-state index contributed by atoms with van der Waals surface area (Å²) in [5.41, 5.74) is 7.77. The Morgan fingerprint density at radius 2 is 1.77 bits per heavy atom. The molecule has 2 aromatic rings. The number of nitrogen functional groups attached to an aromatic ring is 1. The van der Waals surface area contributed by atoms with E-state index in [0.29, 0.717) is 23.4 Å². The highest BCUT2D eigenvalue weighted by molar-refractivity contribution is 5.86. The first kappa shape index (κ1) is 23.0. The van der Waals surface area contributed by atoms with E-state index in [4.69, 9.17) is 5.73 Å². The number of nitrogens with zero attached hydrogens (tertiary/aromatic N) is 4. The normalized spacial score (nSPS) is 18.2. The molecule has 6 heteroatoms. The third kappa shape index (κ3) is 4.39. The summed E-state index contributed by atoms with van der Waals surface area (Å²) in [5.74, 6) is 0.282. The van der Waals surface area contributed by atoms with Crippen LogP contribution in [0.5, 0.6) is 0 Å². The Kier molecular flexibility index (Phi) is 6.87. The first-order valence-corrected chi connectivity index (χ1v) is 11.4. The Morgan fingerprint density at radius 3 is 2.35 bits per heavy atom. The molecule has 1 saturated carbocycles. The van der Waals surface area contributed by atoms with E-state index >= 15 is 0 Å². The standard InChI is InChI=1S/C25H37N5O/c1-6-14-19(7-2)30-20-21(26)27-18-28-22(20)29(23(30)31)17-24(3,4)25(5)15-12-10-8-9-11-13-16-25/h6-7,14,18H,1-2,8-13,15-17H2,3-5H3,(H2,26,27,28)/b19-14+. The first-order valence-electron chi connectivity index (χ1n) is 11.4. The van der Waals surface area contributed by atoms with Crippen molar-refractivity contribution in [3.05, 3.63) is 48.2 Å². The predicted molar refractivity (Wildman–Crippen MR) is 130 cm³/mol. The number of hydrogen-bond acceptors (Lipinski definition) is 4. The van der Waals surface area contributed by atoms with Gasteiger partial charge in [-0.05, 0) is 35.8 Å². The molecule has 2 heterocycles. The van der Waals surface area contributed by atoms with E-state index in [1.165, 1.54) is 57.7 Å². The van der Waals surface area contributed by atoms with E-state index in [2.05, 4.69) is 43.9 Å². The molecule has 0 aliphatic heterocycles. The predicted octanol–water partition coefficient (Wildman–Crippen LogP) is 5.56. The summed E-state index contributed by atoms with van der Waals surface area (Å²) in [6.45, 7) is 15.2. The molecule has 0 radical (unpaired) electrons. The number of hydrogen-bond donors (Lipinski definition) is 1. The highest BCUT2D eigenvalue weighted by Gasteiger charge is 2.41. The number of allylic oxidation sites excluding steroid dienone is 4. The van der Waals surface area contributed by atoms with Crippen LogP contribution in [-0.2, 0) is 6.54 Å². The van der Waals surface area contributed by atoms with Gasteiger partial charge in [-0.1, -0.05) is 78.5 Å². The van der Waals surface area contributed by atoms with Crippen LogP contribution >= 0.6 is 0 Å². The van der Waals surface area contributed by atoms with E-state index in [9.17, 15) is 4.79 Å². The molecule has 31 heavy (non-hydrogen) atoms. The van der Waals surface area contributed by atoms with Gasteiger partial charge in [0.2, 0.25) is 0 Å². The molecule has 3 rings (SSSR count). The van der Waals surface area contributed by atoms with Gasteiger partial charge in [-0.2, -0.15) is 0 Å². The number of rotatable bonds is 6. The topological polar surface area (TPSA) is 78.7 Å². The number of fused-ring (bicyclic) bond motifs is 1. The Hall–Kier alpha value is -2.63. The Balaban J connectivity index is 2.12. The van der Waals surface area contributed by atoms with Crippen LogP contribution in [0, 0.1) is 10.8 Å². The molecule has 0 bridgehead atoms. The number of nitrogens with two attached hydrogens (primary N) is 1. The van der Waals surface area contributed by atoms with Crippen LogP contribution < -0.4 is 11.4 Å². The van der Waals surface area contributed by atoms with E-state index < -0.39 is 0 Å². The van der Waals surface area contributed by atoms with Gasteiger partial charge in [0.05, 0.1) is 5.70 Å². The lowest BCUT2D eigenvalue weighted by Gasteiger charge is -2.45. The second-order valence-electron chi connectivity index (χ2n) is 9.73. The van der Waals surface area contributed by atoms with Crippen molar-refractivity contribution < 1.29 is 0 Å². The summed E-state index contributed by atoms with van der Waals surface area (Å²) in [6, 6.07) is 0. The monoisotopic (exact) mass is 423 g/mol. The van der Waals surface area contributed by atoms with Crippen molar-refractivity contribution in [1.29, 1.82) is 0 Å². The molecule has 6 nitrogen and oxygen atoms in total. The molecule has 168 valence electrons. The van der Waals surface area contributed by atoms with Gasteiger partial charge in [0, 0.05) is 6.54 Å². The van der Waals surface area contributed by atoms with Crippen molar-refractivity contribution in [2.45, 2.75) is 78.7 Å². The van der Waals surface area contributed by atoms with Gasteiger partial charge in [-0.3, -0.25) is 9.13 Å². The number of anilines is 1. The zero-order valence-corrected chi connectivity index (χ0v) is 19.4. The minimum absolute atomic E-state index is 0.101. The summed E-state index contributed by atoms with van der Waals surface area (Å²) in [6.07, 6.45) is 16.5. The molecule has 1 aliphatic carbocycles. The van der Waals surface area contributed by atoms with Crippen molar-refractivity contribution in [2.75, 3.05) is 5.73 Å². The lowest BCUT2D eigenvalue weighted by atomic mass is 9.62. The van der Waals surface area contributed by atoms with Gasteiger partial charge in [0.25, 0.3) is 0 Å². The molecule has 2 aromatic heterocycles. The molecule has 0 saturated heterocycles. The molecule has 0 spiro atoms. The van der Waals surface area contributed by atoms with Crippen LogP contribution in [-0.4, -0.2) is 19.1 Å². The Morgan fingerprint density at radius 1 is 1.16 bits per heavy atom. The summed E-state index contributed by atoms with van der Waals surface area (Å²) < 4.78 is 3.33. The molecule has 0 unspecified atom stereocenters.